The molecule has 0 radical (unpaired) electrons. The van der Waals surface area contributed by atoms with Crippen LogP contribution in [0, 0.1) is 0 Å². The highest BCUT2D eigenvalue weighted by Crippen LogP contribution is 2.56. The van der Waals surface area contributed by atoms with E-state index in [2.05, 4.69) is 6.92 Å². The van der Waals surface area contributed by atoms with Gasteiger partial charge in [0.2, 0.25) is 5.34 Å². The van der Waals surface area contributed by atoms with Crippen molar-refractivity contribution in [2.75, 3.05) is 26.9 Å². The minimum atomic E-state index is -4.61. The van der Waals surface area contributed by atoms with Gasteiger partial charge in [-0.15, -0.1) is 0 Å². The van der Waals surface area contributed by atoms with E-state index in [0.717, 1.165) is 18.6 Å². The summed E-state index contributed by atoms with van der Waals surface area (Å²) in [5.74, 6) is 0.820. The van der Waals surface area contributed by atoms with Crippen LogP contribution in [0.25, 0.3) is 0 Å². The van der Waals surface area contributed by atoms with E-state index in [0.29, 0.717) is 4.48 Å². The zero-order valence-corrected chi connectivity index (χ0v) is 22.2. The van der Waals surface area contributed by atoms with Gasteiger partial charge >= 0.3 is 7.60 Å². The smallest absolute Gasteiger partial charge is 0.364 e. The second kappa shape index (κ2) is 16.1. The summed E-state index contributed by atoms with van der Waals surface area (Å²) in [6.07, 6.45) is 18.5. The molecule has 182 valence electrons. The largest absolute Gasteiger partial charge is 0.372 e. The van der Waals surface area contributed by atoms with Crippen molar-refractivity contribution in [3.05, 3.63) is 0 Å². The van der Waals surface area contributed by atoms with Crippen LogP contribution in [0.5, 0.6) is 0 Å². The van der Waals surface area contributed by atoms with Crippen LogP contribution in [-0.4, -0.2) is 57.0 Å². The minimum Gasteiger partial charge on any atom is -0.372 e. The third kappa shape index (κ3) is 12.5. The van der Waals surface area contributed by atoms with Gasteiger partial charge in [0.15, 0.2) is 5.37 Å². The molecule has 0 aromatic carbocycles. The minimum absolute atomic E-state index is 0.0448. The van der Waals surface area contributed by atoms with Crippen LogP contribution in [-0.2, 0) is 4.57 Å². The Morgan fingerprint density at radius 3 is 1.43 bits per heavy atom. The number of unbranched alkanes of at least 4 members (excludes halogenated alkanes) is 13. The van der Waals surface area contributed by atoms with Crippen molar-refractivity contribution in [2.45, 2.75) is 121 Å². The number of hydrogen-bond acceptors (Lipinski definition) is 3. The summed E-state index contributed by atoms with van der Waals surface area (Å²) in [5, 5.41) is 8.24. The van der Waals surface area contributed by atoms with E-state index in [9.17, 15) is 19.5 Å². The number of nitrogens with zero attached hydrogens (tertiary/aromatic N) is 1. The first-order chi connectivity index (χ1) is 14.0. The lowest BCUT2D eigenvalue weighted by Gasteiger charge is -2.43. The first-order valence-electron chi connectivity index (χ1n) is 12.2. The third-order valence-electron chi connectivity index (χ3n) is 5.90. The third-order valence-corrected chi connectivity index (χ3v) is 9.50. The molecule has 0 spiro atoms. The SMILES string of the molecule is CCCCCCCCCCCCCCCCSC(C(O)(CC)P(=O)(O)O)[N+](C)(C)C. The standard InChI is InChI=1S/C23H50NO4PS/c1-6-8-9-10-11-12-13-14-15-16-17-18-19-20-21-30-22(24(3,4)5)23(25,7-2)29(26,27)28/h22,25H,6-21H2,1-5H3,(H-,26,27,28)/p+1. The second-order valence-electron chi connectivity index (χ2n) is 9.71. The Kier molecular flexibility index (Phi) is 16.3. The number of aliphatic hydroxyl groups is 1. The van der Waals surface area contributed by atoms with Crippen LogP contribution in [0.4, 0.5) is 0 Å². The molecule has 2 unspecified atom stereocenters. The van der Waals surface area contributed by atoms with E-state index >= 15 is 0 Å². The molecule has 3 N–H and O–H groups in total. The summed E-state index contributed by atoms with van der Waals surface area (Å²) in [4.78, 5) is 19.5. The van der Waals surface area contributed by atoms with Crippen LogP contribution in [0.3, 0.4) is 0 Å². The molecule has 0 aliphatic carbocycles. The molecular formula is C23H51NO4PS+. The Morgan fingerprint density at radius 2 is 1.13 bits per heavy atom. The van der Waals surface area contributed by atoms with Gasteiger partial charge in [0.1, 0.15) is 0 Å². The Morgan fingerprint density at radius 1 is 0.767 bits per heavy atom. The number of likely N-dealkylation sites (N-methyl/N-ethyl adjacent to an activating group) is 1. The van der Waals surface area contributed by atoms with Crippen molar-refractivity contribution in [3.63, 3.8) is 0 Å². The molecule has 0 rings (SSSR count). The Bertz CT molecular complexity index is 467. The maximum atomic E-state index is 12.0. The molecule has 5 nitrogen and oxygen atoms in total. The zero-order chi connectivity index (χ0) is 23.1. The maximum absolute atomic E-state index is 12.0. The van der Waals surface area contributed by atoms with Crippen LogP contribution in [0.2, 0.25) is 0 Å². The quantitative estimate of drug-likeness (QED) is 0.0821. The summed E-state index contributed by atoms with van der Waals surface area (Å²) >= 11 is 1.50. The van der Waals surface area contributed by atoms with Crippen molar-refractivity contribution >= 4 is 19.4 Å². The van der Waals surface area contributed by atoms with Gasteiger partial charge in [-0.3, -0.25) is 4.57 Å². The number of thioether (sulfide) groups is 1. The van der Waals surface area contributed by atoms with Crippen molar-refractivity contribution in [1.82, 2.24) is 0 Å². The van der Waals surface area contributed by atoms with E-state index in [4.69, 9.17) is 0 Å². The highest BCUT2D eigenvalue weighted by Gasteiger charge is 2.56. The monoisotopic (exact) mass is 468 g/mol. The van der Waals surface area contributed by atoms with Crippen molar-refractivity contribution < 1.29 is 23.9 Å². The number of hydrogen-bond donors (Lipinski definition) is 3. The van der Waals surface area contributed by atoms with E-state index < -0.39 is 18.3 Å². The van der Waals surface area contributed by atoms with E-state index in [1.165, 1.54) is 88.8 Å². The van der Waals surface area contributed by atoms with Gasteiger partial charge in [-0.05, 0) is 18.6 Å². The highest BCUT2D eigenvalue weighted by molar-refractivity contribution is 8.00. The predicted molar refractivity (Wildman–Crippen MR) is 132 cm³/mol. The Hall–Kier alpha value is 0.420. The summed E-state index contributed by atoms with van der Waals surface area (Å²) in [6, 6.07) is 0. The van der Waals surface area contributed by atoms with Crippen LogP contribution < -0.4 is 0 Å². The van der Waals surface area contributed by atoms with Gasteiger partial charge in [-0.25, -0.2) is 0 Å². The number of rotatable bonds is 20. The molecule has 0 aromatic rings. The fraction of sp³-hybridized carbons (Fsp3) is 1.00. The lowest BCUT2D eigenvalue weighted by molar-refractivity contribution is -0.885. The summed E-state index contributed by atoms with van der Waals surface area (Å²) < 4.78 is 12.3. The summed E-state index contributed by atoms with van der Waals surface area (Å²) in [5.41, 5.74) is 0. The molecule has 0 amide bonds. The predicted octanol–water partition coefficient (Wildman–Crippen LogP) is 6.51. The molecule has 7 heteroatoms. The van der Waals surface area contributed by atoms with Crippen molar-refractivity contribution in [3.8, 4) is 0 Å². The summed E-state index contributed by atoms with van der Waals surface area (Å²) in [7, 11) is 1.05. The zero-order valence-electron chi connectivity index (χ0n) is 20.4. The van der Waals surface area contributed by atoms with Gasteiger partial charge in [-0.1, -0.05) is 109 Å². The van der Waals surface area contributed by atoms with Gasteiger partial charge in [0, 0.05) is 0 Å². The van der Waals surface area contributed by atoms with E-state index in [1.807, 2.05) is 21.1 Å². The van der Waals surface area contributed by atoms with Crippen molar-refractivity contribution in [1.29, 1.82) is 0 Å². The molecule has 0 aliphatic rings. The lowest BCUT2D eigenvalue weighted by Crippen LogP contribution is -2.56. The second-order valence-corrected chi connectivity index (χ2v) is 12.8. The first kappa shape index (κ1) is 30.4. The first-order valence-corrected chi connectivity index (χ1v) is 14.9. The molecule has 0 bridgehead atoms. The molecule has 0 aromatic heterocycles. The lowest BCUT2D eigenvalue weighted by atomic mass is 10.0. The Balaban J connectivity index is 3.91. The highest BCUT2D eigenvalue weighted by atomic mass is 32.2. The molecule has 30 heavy (non-hydrogen) atoms. The van der Waals surface area contributed by atoms with Crippen LogP contribution >= 0.6 is 19.4 Å². The van der Waals surface area contributed by atoms with Crippen LogP contribution in [0.1, 0.15) is 110 Å². The normalized spacial score (nSPS) is 15.9. The van der Waals surface area contributed by atoms with Gasteiger partial charge in [0.25, 0.3) is 0 Å². The average Bonchev–Trinajstić information content (AvgIpc) is 2.65. The average molecular weight is 469 g/mol. The van der Waals surface area contributed by atoms with Gasteiger partial charge in [0.05, 0.1) is 21.1 Å². The number of quaternary nitrogens is 1. The van der Waals surface area contributed by atoms with E-state index in [-0.39, 0.29) is 6.42 Å². The van der Waals surface area contributed by atoms with E-state index in [1.54, 1.807) is 6.92 Å². The topological polar surface area (TPSA) is 77.8 Å². The fourth-order valence-corrected chi connectivity index (χ4v) is 7.15. The van der Waals surface area contributed by atoms with Gasteiger partial charge < -0.3 is 19.4 Å². The van der Waals surface area contributed by atoms with Crippen molar-refractivity contribution in [2.24, 2.45) is 0 Å². The Labute approximate surface area is 191 Å². The maximum Gasteiger partial charge on any atom is 0.364 e. The van der Waals surface area contributed by atoms with Crippen LogP contribution in [0.15, 0.2) is 0 Å². The fourth-order valence-electron chi connectivity index (χ4n) is 3.99. The summed E-state index contributed by atoms with van der Waals surface area (Å²) in [6.45, 7) is 3.91. The molecular weight excluding hydrogens is 417 g/mol. The molecule has 0 aliphatic heterocycles. The molecule has 0 saturated carbocycles. The molecule has 0 saturated heterocycles. The molecule has 0 heterocycles. The molecule has 2 atom stereocenters. The molecule has 0 fully saturated rings. The van der Waals surface area contributed by atoms with Gasteiger partial charge in [-0.2, -0.15) is 0 Å².